The molecular weight excluding hydrogens is 472 g/mol. The van der Waals surface area contributed by atoms with E-state index in [1.54, 1.807) is 0 Å². The molecule has 3 aromatic carbocycles. The predicted molar refractivity (Wildman–Crippen MR) is 142 cm³/mol. The summed E-state index contributed by atoms with van der Waals surface area (Å²) in [5, 5.41) is 1.88. The Hall–Kier alpha value is -3.97. The van der Waals surface area contributed by atoms with Gasteiger partial charge >= 0.3 is 0 Å². The Morgan fingerprint density at radius 3 is 2.56 bits per heavy atom. The maximum Gasteiger partial charge on any atom is 0.293 e. The van der Waals surface area contributed by atoms with Crippen LogP contribution in [0.5, 0.6) is 11.5 Å². The van der Waals surface area contributed by atoms with E-state index in [0.29, 0.717) is 18.1 Å². The second-order valence-electron chi connectivity index (χ2n) is 8.90. The second kappa shape index (κ2) is 8.91. The number of hydrogen-bond donors (Lipinski definition) is 0. The lowest BCUT2D eigenvalue weighted by molar-refractivity contribution is -0.123. The van der Waals surface area contributed by atoms with Crippen LogP contribution < -0.4 is 9.47 Å². The number of amides is 2. The zero-order valence-electron chi connectivity index (χ0n) is 20.0. The largest absolute Gasteiger partial charge is 0.486 e. The van der Waals surface area contributed by atoms with Gasteiger partial charge in [0.1, 0.15) is 13.2 Å². The summed E-state index contributed by atoms with van der Waals surface area (Å²) in [5.41, 5.74) is 4.81. The molecule has 0 bridgehead atoms. The number of thioether (sulfide) groups is 1. The summed E-state index contributed by atoms with van der Waals surface area (Å²) in [6.45, 7) is 5.36. The van der Waals surface area contributed by atoms with Gasteiger partial charge in [0.2, 0.25) is 0 Å². The summed E-state index contributed by atoms with van der Waals surface area (Å²) in [4.78, 5) is 27.9. The van der Waals surface area contributed by atoms with Gasteiger partial charge in [0.25, 0.3) is 11.1 Å². The molecule has 0 atom stereocenters. The molecule has 0 saturated carbocycles. The van der Waals surface area contributed by atoms with Gasteiger partial charge in [-0.25, -0.2) is 0 Å². The average Bonchev–Trinajstić information content (AvgIpc) is 3.32. The van der Waals surface area contributed by atoms with Gasteiger partial charge in [0, 0.05) is 23.1 Å². The summed E-state index contributed by atoms with van der Waals surface area (Å²) < 4.78 is 13.5. The van der Waals surface area contributed by atoms with E-state index in [4.69, 9.17) is 9.47 Å². The summed E-state index contributed by atoms with van der Waals surface area (Å²) in [5.74, 6) is 1.21. The van der Waals surface area contributed by atoms with E-state index < -0.39 is 0 Å². The zero-order valence-corrected chi connectivity index (χ0v) is 20.8. The van der Waals surface area contributed by atoms with Gasteiger partial charge in [0.05, 0.1) is 11.4 Å². The third-order valence-corrected chi connectivity index (χ3v) is 7.53. The van der Waals surface area contributed by atoms with Crippen molar-refractivity contribution in [1.82, 2.24) is 9.47 Å². The van der Waals surface area contributed by atoms with E-state index in [-0.39, 0.29) is 17.7 Å². The number of aromatic nitrogens is 1. The minimum absolute atomic E-state index is 0.250. The molecule has 0 N–H and O–H groups in total. The molecule has 0 spiro atoms. The maximum absolute atomic E-state index is 13.3. The quantitative estimate of drug-likeness (QED) is 0.312. The molecule has 0 unspecified atom stereocenters. The van der Waals surface area contributed by atoms with E-state index in [2.05, 4.69) is 4.57 Å². The fourth-order valence-electron chi connectivity index (χ4n) is 4.88. The lowest BCUT2D eigenvalue weighted by Crippen LogP contribution is -2.27. The number of benzene rings is 3. The fraction of sp³-hybridized carbons (Fsp3) is 0.172. The molecule has 1 saturated heterocycles. The van der Waals surface area contributed by atoms with Crippen molar-refractivity contribution in [2.75, 3.05) is 13.2 Å². The number of ether oxygens (including phenoxy) is 2. The molecule has 180 valence electrons. The third kappa shape index (κ3) is 3.85. The highest BCUT2D eigenvalue weighted by molar-refractivity contribution is 8.18. The minimum atomic E-state index is -0.262. The number of fused-ring (bicyclic) bond motifs is 2. The lowest BCUT2D eigenvalue weighted by atomic mass is 10.0. The van der Waals surface area contributed by atoms with Crippen LogP contribution in [0.15, 0.2) is 71.6 Å². The molecule has 0 radical (unpaired) electrons. The summed E-state index contributed by atoms with van der Waals surface area (Å²) in [6.07, 6.45) is 1.82. The first-order valence-electron chi connectivity index (χ1n) is 11.8. The van der Waals surface area contributed by atoms with E-state index in [1.807, 2.05) is 86.7 Å². The molecule has 0 aliphatic carbocycles. The number of hydrogen-bond acceptors (Lipinski definition) is 5. The molecule has 36 heavy (non-hydrogen) atoms. The smallest absolute Gasteiger partial charge is 0.293 e. The first-order valence-corrected chi connectivity index (χ1v) is 12.6. The Kier molecular flexibility index (Phi) is 5.57. The summed E-state index contributed by atoms with van der Waals surface area (Å²) >= 11 is 0.992. The average molecular weight is 497 g/mol. The third-order valence-electron chi connectivity index (χ3n) is 6.62. The van der Waals surface area contributed by atoms with E-state index >= 15 is 0 Å². The number of carbonyl (C=O) groups excluding carboxylic acids is 2. The SMILES string of the molecule is Cc1cc(/C=C2\SC(=O)N(Cc3cccc4ccccc34)C2=O)c(C)n1-c1ccc2c(c1)OCCO2. The Bertz CT molecular complexity index is 1560. The van der Waals surface area contributed by atoms with Crippen molar-refractivity contribution in [3.63, 3.8) is 0 Å². The Morgan fingerprint density at radius 2 is 1.69 bits per heavy atom. The Balaban J connectivity index is 1.30. The molecule has 6 nitrogen and oxygen atoms in total. The van der Waals surface area contributed by atoms with Crippen LogP contribution in [0.2, 0.25) is 0 Å². The number of rotatable bonds is 4. The molecule has 4 aromatic rings. The maximum atomic E-state index is 13.3. The van der Waals surface area contributed by atoms with Crippen molar-refractivity contribution in [1.29, 1.82) is 0 Å². The topological polar surface area (TPSA) is 60.8 Å². The van der Waals surface area contributed by atoms with Gasteiger partial charge in [-0.05, 0) is 71.8 Å². The monoisotopic (exact) mass is 496 g/mol. The van der Waals surface area contributed by atoms with Crippen molar-refractivity contribution in [3.8, 4) is 17.2 Å². The highest BCUT2D eigenvalue weighted by Crippen LogP contribution is 2.37. The van der Waals surface area contributed by atoms with Crippen LogP contribution in [0, 0.1) is 13.8 Å². The number of imide groups is 1. The van der Waals surface area contributed by atoms with Crippen molar-refractivity contribution in [2.24, 2.45) is 0 Å². The Labute approximate surface area is 213 Å². The van der Waals surface area contributed by atoms with E-state index in [1.165, 1.54) is 4.90 Å². The number of nitrogens with zero attached hydrogens (tertiary/aromatic N) is 2. The molecule has 1 aromatic heterocycles. The van der Waals surface area contributed by atoms with Crippen molar-refractivity contribution < 1.29 is 19.1 Å². The van der Waals surface area contributed by atoms with Crippen molar-refractivity contribution in [3.05, 3.63) is 94.1 Å². The standard InChI is InChI=1S/C29H24N2O4S/c1-18-14-22(19(2)31(18)23-10-11-25-26(16-23)35-13-12-34-25)15-27-28(32)30(29(33)36-27)17-21-8-5-7-20-6-3-4-9-24(20)21/h3-11,14-16H,12-13,17H2,1-2H3/b27-15-. The first-order chi connectivity index (χ1) is 17.5. The fourth-order valence-corrected chi connectivity index (χ4v) is 5.71. The van der Waals surface area contributed by atoms with Crippen LogP contribution in [0.4, 0.5) is 4.79 Å². The number of carbonyl (C=O) groups is 2. The first kappa shape index (κ1) is 22.5. The molecule has 2 amide bonds. The van der Waals surface area contributed by atoms with Gasteiger partial charge in [0.15, 0.2) is 11.5 Å². The van der Waals surface area contributed by atoms with Gasteiger partial charge in [-0.1, -0.05) is 42.5 Å². The minimum Gasteiger partial charge on any atom is -0.486 e. The normalized spacial score (nSPS) is 16.4. The van der Waals surface area contributed by atoms with Gasteiger partial charge in [-0.15, -0.1) is 0 Å². The summed E-state index contributed by atoms with van der Waals surface area (Å²) in [7, 11) is 0. The van der Waals surface area contributed by atoms with Crippen LogP contribution in [-0.2, 0) is 11.3 Å². The lowest BCUT2D eigenvalue weighted by Gasteiger charge is -2.20. The molecule has 2 aliphatic heterocycles. The molecular formula is C29H24N2O4S. The highest BCUT2D eigenvalue weighted by atomic mass is 32.2. The molecule has 6 rings (SSSR count). The van der Waals surface area contributed by atoms with Crippen LogP contribution in [0.25, 0.3) is 22.5 Å². The van der Waals surface area contributed by atoms with E-state index in [0.717, 1.165) is 62.2 Å². The predicted octanol–water partition coefficient (Wildman–Crippen LogP) is 6.26. The molecule has 7 heteroatoms. The van der Waals surface area contributed by atoms with Gasteiger partial charge in [-0.3, -0.25) is 14.5 Å². The van der Waals surface area contributed by atoms with Gasteiger partial charge in [-0.2, -0.15) is 0 Å². The van der Waals surface area contributed by atoms with Crippen LogP contribution in [-0.4, -0.2) is 33.8 Å². The molecule has 1 fully saturated rings. The molecule has 3 heterocycles. The van der Waals surface area contributed by atoms with Gasteiger partial charge < -0.3 is 14.0 Å². The second-order valence-corrected chi connectivity index (χ2v) is 9.89. The van der Waals surface area contributed by atoms with Crippen molar-refractivity contribution >= 4 is 39.8 Å². The van der Waals surface area contributed by atoms with Crippen LogP contribution in [0.3, 0.4) is 0 Å². The van der Waals surface area contributed by atoms with E-state index in [9.17, 15) is 9.59 Å². The Morgan fingerprint density at radius 1 is 0.917 bits per heavy atom. The van der Waals surface area contributed by atoms with Crippen LogP contribution in [0.1, 0.15) is 22.5 Å². The zero-order chi connectivity index (χ0) is 24.8. The number of aryl methyl sites for hydroxylation is 1. The van der Waals surface area contributed by atoms with Crippen LogP contribution >= 0.6 is 11.8 Å². The highest BCUT2D eigenvalue weighted by Gasteiger charge is 2.35. The van der Waals surface area contributed by atoms with Crippen molar-refractivity contribution in [2.45, 2.75) is 20.4 Å². The summed E-state index contributed by atoms with van der Waals surface area (Å²) in [6, 6.07) is 21.9. The molecule has 2 aliphatic rings.